The van der Waals surface area contributed by atoms with E-state index in [9.17, 15) is 79.1 Å². The molecule has 0 saturated heterocycles. The molecule has 0 bridgehead atoms. The molecular weight excluding hydrogens is 1900 g/mol. The van der Waals surface area contributed by atoms with Gasteiger partial charge < -0.3 is 43.7 Å². The molecule has 0 atom stereocenters. The molecule has 0 spiro atoms. The molecule has 0 radical (unpaired) electrons. The van der Waals surface area contributed by atoms with Gasteiger partial charge in [-0.15, -0.1) is 71.0 Å². The Balaban J connectivity index is -0.00000142. The van der Waals surface area contributed by atoms with E-state index in [-0.39, 0.29) is 105 Å². The smallest absolute Gasteiger partial charge is 0.870 e. The number of alkyl halides is 18. The Labute approximate surface area is 773 Å². The fourth-order valence-corrected chi connectivity index (χ4v) is 10.9. The van der Waals surface area contributed by atoms with Gasteiger partial charge in [-0.3, -0.25) is 8.98 Å². The van der Waals surface area contributed by atoms with E-state index in [1.165, 1.54) is 67.2 Å². The fourth-order valence-electron chi connectivity index (χ4n) is 7.54. The average Bonchev–Trinajstić information content (AvgIpc) is 0.857. The molecule has 0 heterocycles. The molecule has 8 aromatic carbocycles. The molecule has 0 fully saturated rings. The summed E-state index contributed by atoms with van der Waals surface area (Å²) in [5, 5.41) is 10.2. The SMILES string of the molecule is C=C(CCl)COS(C)(=O)=O.C=C(CCl)COc1ccc(C(F)(F)F)cc1.C=C(CCl)COc1ccc(C(F)(F)F)cc1.C=C(COc1ccc(C(F)(F)F)cc1)CSc1ccc(OC)c(Cl)c1.C=C(COc1ccc(C(F)(F)F)cc1)CSc1ccc(OCCC)c(Cl)c1.CC(=O)COc1ccc(S)cc1Cl.O=C=O.O=C=O.Oc1ccc(C(F)(F)F)cc1.[Li+].[OH-]. The van der Waals surface area contributed by atoms with E-state index >= 15 is 0 Å². The number of hydrogen-bond donors (Lipinski definition) is 2. The maximum Gasteiger partial charge on any atom is 1.00 e. The molecule has 126 heavy (non-hydrogen) atoms. The summed E-state index contributed by atoms with van der Waals surface area (Å²) in [4.78, 5) is 45.8. The number of ether oxygens (including phenoxy) is 7. The van der Waals surface area contributed by atoms with Crippen molar-refractivity contribution in [2.75, 3.05) is 88.8 Å². The number of aromatic hydroxyl groups is 1. The van der Waals surface area contributed by atoms with Crippen LogP contribution < -0.4 is 52.0 Å². The minimum absolute atomic E-state index is 0. The summed E-state index contributed by atoms with van der Waals surface area (Å²) in [5.74, 6) is 4.98. The van der Waals surface area contributed by atoms with E-state index in [1.54, 1.807) is 49.2 Å². The van der Waals surface area contributed by atoms with Crippen LogP contribution in [0.25, 0.3) is 0 Å². The number of carbonyl (C=O) groups excluding carboxylic acids is 5. The van der Waals surface area contributed by atoms with Gasteiger partial charge >= 0.3 is 62.0 Å². The molecule has 0 unspecified atom stereocenters. The molecule has 43 heteroatoms. The van der Waals surface area contributed by atoms with Gasteiger partial charge in [0, 0.05) is 43.8 Å². The first-order chi connectivity index (χ1) is 57.8. The van der Waals surface area contributed by atoms with Gasteiger partial charge in [-0.05, 0) is 217 Å². The first-order valence-electron chi connectivity index (χ1n) is 34.4. The van der Waals surface area contributed by atoms with Crippen molar-refractivity contribution in [3.8, 4) is 46.0 Å². The largest absolute Gasteiger partial charge is 1.00 e. The zero-order chi connectivity index (χ0) is 94.6. The Morgan fingerprint density at radius 2 is 0.698 bits per heavy atom. The van der Waals surface area contributed by atoms with Crippen molar-refractivity contribution in [3.05, 3.63) is 280 Å². The predicted octanol–water partition coefficient (Wildman–Crippen LogP) is 22.2. The normalized spacial score (nSPS) is 10.6. The summed E-state index contributed by atoms with van der Waals surface area (Å²) >= 11 is 41.5. The Morgan fingerprint density at radius 3 is 0.960 bits per heavy atom. The molecule has 0 saturated carbocycles. The number of benzene rings is 8. The monoisotopic (exact) mass is 1980 g/mol. The Bertz CT molecular complexity index is 4690. The number of thiol groups is 1. The van der Waals surface area contributed by atoms with Gasteiger partial charge in [0.15, 0.2) is 5.78 Å². The van der Waals surface area contributed by atoms with Crippen LogP contribution in [-0.2, 0) is 69.2 Å². The Hall–Kier alpha value is -8.50. The maximum atomic E-state index is 12.5. The first-order valence-corrected chi connectivity index (χ1v) is 41.3. The van der Waals surface area contributed by atoms with Crippen molar-refractivity contribution in [3.63, 3.8) is 0 Å². The van der Waals surface area contributed by atoms with E-state index in [0.29, 0.717) is 90.1 Å². The summed E-state index contributed by atoms with van der Waals surface area (Å²) in [6.07, 6.45) is -19.3. The van der Waals surface area contributed by atoms with Crippen LogP contribution in [0.1, 0.15) is 48.1 Å². The second kappa shape index (κ2) is 63.5. The summed E-state index contributed by atoms with van der Waals surface area (Å²) in [6.45, 7) is 23.5. The van der Waals surface area contributed by atoms with Crippen molar-refractivity contribution in [2.24, 2.45) is 0 Å². The van der Waals surface area contributed by atoms with Crippen LogP contribution in [0.4, 0.5) is 65.9 Å². The quantitative estimate of drug-likeness (QED) is 0.00780. The zero-order valence-electron chi connectivity index (χ0n) is 67.1. The Morgan fingerprint density at radius 1 is 0.429 bits per heavy atom. The number of thioether (sulfide) groups is 2. The standard InChI is InChI=1S/C20H20ClF3O2S.C18H16ClF3O2S.2C11H10ClF3O.C9H9ClO2S.C7H5F3O.C5H9ClO3S.2CO2.Li.H2O/c1-3-10-25-19-9-8-17(11-18(19)21)27-13-14(2)12-26-16-6-4-15(5-7-16)20(22,23)24;1-12(11-25-15-7-8-17(23-2)16(19)9-15)10-24-14-5-3-13(4-6-14)18(20,21)22;2*1-8(6-12)7-16-10-4-2-9(3-5-10)11(13,14)15;1-6(11)5-12-9-3-2-7(13)4-8(9)10;8-7(9,10)5-1-3-6(11)4-2-5;1-5(3-6)4-9-10(2,7)8;2*2-1-3;;/h4-9,11H,2-3,10,12-13H2,1H3;3-9H,1,10-11H2,2H3;2*2-5H,1,6-7H2;2-4,13H,5H2,1H3;1-4,11H;1,3-4H2,2H3;;;;1H2/q;;;;;;;;;+1;/p-1. The van der Waals surface area contributed by atoms with Crippen LogP contribution in [0.5, 0.6) is 46.0 Å². The second-order valence-electron chi connectivity index (χ2n) is 24.0. The van der Waals surface area contributed by atoms with Crippen LogP contribution in [0.3, 0.4) is 0 Å². The van der Waals surface area contributed by atoms with E-state index in [0.717, 1.165) is 111 Å². The fraction of sp³-hybridized carbons (Fsp3) is 0.265. The molecule has 0 aliphatic heterocycles. The van der Waals surface area contributed by atoms with Crippen LogP contribution >= 0.6 is 106 Å². The average molecular weight is 1980 g/mol. The van der Waals surface area contributed by atoms with Crippen molar-refractivity contribution < 1.29 is 165 Å². The van der Waals surface area contributed by atoms with Crippen molar-refractivity contribution in [2.45, 2.75) is 65.8 Å². The van der Waals surface area contributed by atoms with Crippen LogP contribution in [0, 0.1) is 0 Å². The second-order valence-corrected chi connectivity index (χ2v) is 30.3. The number of rotatable bonds is 31. The summed E-state index contributed by atoms with van der Waals surface area (Å²) in [5.41, 5.74) is -0.0604. The van der Waals surface area contributed by atoms with Crippen LogP contribution in [0.2, 0.25) is 15.1 Å². The van der Waals surface area contributed by atoms with E-state index < -0.39 is 68.8 Å². The third-order valence-corrected chi connectivity index (χ3v) is 18.6. The zero-order valence-corrected chi connectivity index (χ0v) is 75.0. The molecule has 8 rings (SSSR count). The van der Waals surface area contributed by atoms with Crippen molar-refractivity contribution in [1.82, 2.24) is 0 Å². The third-order valence-electron chi connectivity index (χ3n) is 13.5. The number of Topliss-reactive ketones (excluding diaryl/α,β-unsaturated/α-hetero) is 1. The van der Waals surface area contributed by atoms with Crippen molar-refractivity contribution in [1.29, 1.82) is 0 Å². The topological polar surface area (TPSA) is 244 Å². The van der Waals surface area contributed by atoms with Crippen LogP contribution in [0.15, 0.2) is 251 Å². The summed E-state index contributed by atoms with van der Waals surface area (Å²) in [7, 11) is -1.80. The van der Waals surface area contributed by atoms with Crippen molar-refractivity contribution >= 4 is 134 Å². The molecule has 0 aliphatic carbocycles. The summed E-state index contributed by atoms with van der Waals surface area (Å²) in [6, 6.07) is 38.0. The number of carbonyl (C=O) groups is 1. The number of ketones is 1. The van der Waals surface area contributed by atoms with Gasteiger partial charge in [0.25, 0.3) is 10.1 Å². The van der Waals surface area contributed by atoms with Crippen LogP contribution in [-0.4, -0.2) is 126 Å². The van der Waals surface area contributed by atoms with Gasteiger partial charge in [-0.2, -0.15) is 93.5 Å². The number of hydrogen-bond acceptors (Lipinski definition) is 20. The number of halogens is 21. The van der Waals surface area contributed by atoms with E-state index in [2.05, 4.69) is 49.7 Å². The van der Waals surface area contributed by atoms with E-state index in [1.807, 2.05) is 31.2 Å². The van der Waals surface area contributed by atoms with Gasteiger partial charge in [-0.1, -0.05) is 74.6 Å². The number of phenolic OH excluding ortho intramolecular Hbond substituents is 1. The molecule has 0 aromatic heterocycles. The molecule has 17 nitrogen and oxygen atoms in total. The third kappa shape index (κ3) is 56.6. The molecule has 0 aliphatic rings. The van der Waals surface area contributed by atoms with E-state index in [4.69, 9.17) is 127 Å². The van der Waals surface area contributed by atoms with Gasteiger partial charge in [0.05, 0.1) is 69.5 Å². The molecular formula is C83H80Cl6F15LiO17S4. The maximum absolute atomic E-state index is 12.5. The minimum Gasteiger partial charge on any atom is -0.870 e. The first kappa shape index (κ1) is 122. The predicted molar refractivity (Wildman–Crippen MR) is 453 cm³/mol. The number of phenols is 1. The van der Waals surface area contributed by atoms with Gasteiger partial charge in [0.2, 0.25) is 0 Å². The Kier molecular flexibility index (Phi) is 61.3. The summed E-state index contributed by atoms with van der Waals surface area (Å²) < 4.78 is 246. The molecule has 686 valence electrons. The van der Waals surface area contributed by atoms with Gasteiger partial charge in [-0.25, -0.2) is 0 Å². The molecule has 2 N–H and O–H groups in total. The number of methoxy groups -OCH3 is 1. The van der Waals surface area contributed by atoms with Gasteiger partial charge in [0.1, 0.15) is 79.0 Å². The minimum atomic E-state index is -4.35. The molecule has 0 amide bonds. The molecule has 8 aromatic rings.